The van der Waals surface area contributed by atoms with Gasteiger partial charge in [0.1, 0.15) is 24.1 Å². The molecule has 9 nitrogen and oxygen atoms in total. The molecule has 11 heteroatoms. The standard InChI is InChI=1S/C27H22I2N2O7/c1-37-20-4-2-3-17(11-20)15-38-26-22(28)12-18-13-23(27(33)34)30(14-21(18)25(26)29)24(32)10-7-16-5-8-19(9-6-16)31(35)36/h2-12,23H,13-15H2,1H3,(H,33,34)/b10-7-/t23-/m0/s1. The number of methoxy groups -OCH3 is 1. The lowest BCUT2D eigenvalue weighted by Gasteiger charge is -2.35. The van der Waals surface area contributed by atoms with Gasteiger partial charge in [-0.15, -0.1) is 0 Å². The number of hydrogen-bond donors (Lipinski definition) is 1. The lowest BCUT2D eigenvalue weighted by Crippen LogP contribution is -2.48. The van der Waals surface area contributed by atoms with Gasteiger partial charge in [0, 0.05) is 31.2 Å². The quantitative estimate of drug-likeness (QED) is 0.141. The van der Waals surface area contributed by atoms with Crippen LogP contribution >= 0.6 is 45.2 Å². The van der Waals surface area contributed by atoms with Crippen LogP contribution < -0.4 is 9.47 Å². The van der Waals surface area contributed by atoms with E-state index in [1.165, 1.54) is 41.3 Å². The lowest BCUT2D eigenvalue weighted by atomic mass is 9.93. The molecule has 1 aliphatic rings. The molecule has 1 heterocycles. The zero-order valence-corrected chi connectivity index (χ0v) is 24.4. The van der Waals surface area contributed by atoms with Gasteiger partial charge in [0.15, 0.2) is 0 Å². The molecule has 4 rings (SSSR count). The Morgan fingerprint density at radius 1 is 1.18 bits per heavy atom. The van der Waals surface area contributed by atoms with Crippen molar-refractivity contribution in [2.75, 3.05) is 7.11 Å². The monoisotopic (exact) mass is 740 g/mol. The summed E-state index contributed by atoms with van der Waals surface area (Å²) in [6.45, 7) is 0.431. The van der Waals surface area contributed by atoms with E-state index in [0.717, 1.165) is 29.6 Å². The van der Waals surface area contributed by atoms with Crippen molar-refractivity contribution in [1.29, 1.82) is 0 Å². The molecule has 1 aliphatic heterocycles. The normalized spacial score (nSPS) is 14.7. The highest BCUT2D eigenvalue weighted by Gasteiger charge is 2.35. The number of hydrogen-bond acceptors (Lipinski definition) is 6. The molecule has 0 radical (unpaired) electrons. The first-order chi connectivity index (χ1) is 18.2. The number of carbonyl (C=O) groups excluding carboxylic acids is 1. The topological polar surface area (TPSA) is 119 Å². The number of amides is 1. The molecule has 0 unspecified atom stereocenters. The minimum atomic E-state index is -1.09. The molecule has 0 aliphatic carbocycles. The van der Waals surface area contributed by atoms with E-state index in [1.807, 2.05) is 30.3 Å². The summed E-state index contributed by atoms with van der Waals surface area (Å²) >= 11 is 4.37. The molecule has 0 saturated heterocycles. The predicted molar refractivity (Wildman–Crippen MR) is 157 cm³/mol. The van der Waals surface area contributed by atoms with Crippen molar-refractivity contribution in [3.63, 3.8) is 0 Å². The van der Waals surface area contributed by atoms with Crippen molar-refractivity contribution in [3.8, 4) is 11.5 Å². The molecular weight excluding hydrogens is 718 g/mol. The van der Waals surface area contributed by atoms with Gasteiger partial charge < -0.3 is 19.5 Å². The number of carbonyl (C=O) groups is 2. The summed E-state index contributed by atoms with van der Waals surface area (Å²) in [7, 11) is 1.61. The zero-order chi connectivity index (χ0) is 27.4. The van der Waals surface area contributed by atoms with Gasteiger partial charge in [-0.25, -0.2) is 4.79 Å². The van der Waals surface area contributed by atoms with Gasteiger partial charge in [0.25, 0.3) is 5.69 Å². The van der Waals surface area contributed by atoms with Crippen LogP contribution in [0.1, 0.15) is 22.3 Å². The van der Waals surface area contributed by atoms with Gasteiger partial charge in [-0.2, -0.15) is 0 Å². The third-order valence-electron chi connectivity index (χ3n) is 6.10. The van der Waals surface area contributed by atoms with Crippen molar-refractivity contribution < 1.29 is 29.1 Å². The van der Waals surface area contributed by atoms with Crippen LogP contribution in [0.3, 0.4) is 0 Å². The fourth-order valence-corrected chi connectivity index (χ4v) is 6.39. The number of non-ortho nitro benzene ring substituents is 1. The highest BCUT2D eigenvalue weighted by Crippen LogP contribution is 2.37. The number of nitrogens with zero attached hydrogens (tertiary/aromatic N) is 2. The van der Waals surface area contributed by atoms with Crippen molar-refractivity contribution in [3.05, 3.63) is 100 Å². The maximum atomic E-state index is 13.1. The second-order valence-corrected chi connectivity index (χ2v) is 10.7. The van der Waals surface area contributed by atoms with E-state index >= 15 is 0 Å². The second-order valence-electron chi connectivity index (χ2n) is 8.49. The first kappa shape index (κ1) is 27.8. The third-order valence-corrected chi connectivity index (χ3v) is 8.04. The third kappa shape index (κ3) is 6.26. The van der Waals surface area contributed by atoms with Gasteiger partial charge in [-0.3, -0.25) is 14.9 Å². The number of ether oxygens (including phenoxy) is 2. The van der Waals surface area contributed by atoms with Crippen LogP contribution in [0.25, 0.3) is 6.08 Å². The Hall–Kier alpha value is -3.20. The number of nitro groups is 1. The van der Waals surface area contributed by atoms with Gasteiger partial charge in [0.2, 0.25) is 5.91 Å². The van der Waals surface area contributed by atoms with Crippen LogP contribution in [0.4, 0.5) is 5.69 Å². The number of rotatable bonds is 8. The lowest BCUT2D eigenvalue weighted by molar-refractivity contribution is -0.384. The van der Waals surface area contributed by atoms with E-state index in [4.69, 9.17) is 9.47 Å². The number of fused-ring (bicyclic) bond motifs is 1. The Bertz CT molecular complexity index is 1420. The average molecular weight is 740 g/mol. The number of halogens is 2. The molecule has 1 atom stereocenters. The molecule has 0 fully saturated rings. The molecular formula is C27H22I2N2O7. The van der Waals surface area contributed by atoms with Gasteiger partial charge in [0.05, 0.1) is 19.2 Å². The van der Waals surface area contributed by atoms with Crippen molar-refractivity contribution in [2.45, 2.75) is 25.6 Å². The summed E-state index contributed by atoms with van der Waals surface area (Å²) in [6, 6.07) is 14.2. The number of carboxylic acids is 1. The maximum absolute atomic E-state index is 13.1. The molecule has 3 aromatic rings. The number of nitro benzene ring substituents is 1. The fourth-order valence-electron chi connectivity index (χ4n) is 4.11. The highest BCUT2D eigenvalue weighted by atomic mass is 127. The smallest absolute Gasteiger partial charge is 0.326 e. The van der Waals surface area contributed by atoms with Crippen LogP contribution in [0, 0.1) is 17.3 Å². The van der Waals surface area contributed by atoms with Crippen LogP contribution in [0.5, 0.6) is 11.5 Å². The van der Waals surface area contributed by atoms with E-state index in [-0.39, 0.29) is 18.7 Å². The molecule has 38 heavy (non-hydrogen) atoms. The zero-order valence-electron chi connectivity index (χ0n) is 20.1. The van der Waals surface area contributed by atoms with Crippen molar-refractivity contribution in [1.82, 2.24) is 4.90 Å². The Kier molecular flexibility index (Phi) is 8.87. The van der Waals surface area contributed by atoms with Crippen LogP contribution in [-0.2, 0) is 29.2 Å². The predicted octanol–water partition coefficient (Wildman–Crippen LogP) is 5.44. The Balaban J connectivity index is 1.57. The summed E-state index contributed by atoms with van der Waals surface area (Å²) in [5.74, 6) is -0.141. The van der Waals surface area contributed by atoms with Gasteiger partial charge in [-0.05, 0) is 104 Å². The van der Waals surface area contributed by atoms with Crippen molar-refractivity contribution in [2.24, 2.45) is 0 Å². The number of aliphatic carboxylic acids is 1. The summed E-state index contributed by atoms with van der Waals surface area (Å²) < 4.78 is 13.1. The molecule has 0 spiro atoms. The molecule has 0 aromatic heterocycles. The Labute approximate surface area is 245 Å². The average Bonchev–Trinajstić information content (AvgIpc) is 2.91. The minimum absolute atomic E-state index is 0.0549. The first-order valence-electron chi connectivity index (χ1n) is 11.4. The van der Waals surface area contributed by atoms with E-state index in [0.29, 0.717) is 17.9 Å². The number of benzene rings is 3. The minimum Gasteiger partial charge on any atom is -0.497 e. The van der Waals surface area contributed by atoms with Gasteiger partial charge >= 0.3 is 5.97 Å². The summed E-state index contributed by atoms with van der Waals surface area (Å²) in [5.41, 5.74) is 3.18. The molecule has 196 valence electrons. The number of carboxylic acid groups (broad SMARTS) is 1. The van der Waals surface area contributed by atoms with Crippen LogP contribution in [0.2, 0.25) is 0 Å². The van der Waals surface area contributed by atoms with Crippen LogP contribution in [-0.4, -0.2) is 40.0 Å². The maximum Gasteiger partial charge on any atom is 0.326 e. The largest absolute Gasteiger partial charge is 0.497 e. The van der Waals surface area contributed by atoms with E-state index < -0.39 is 22.8 Å². The van der Waals surface area contributed by atoms with E-state index in [1.54, 1.807) is 7.11 Å². The van der Waals surface area contributed by atoms with Crippen LogP contribution in [0.15, 0.2) is 60.7 Å². The van der Waals surface area contributed by atoms with Crippen molar-refractivity contribution >= 4 is 68.8 Å². The van der Waals surface area contributed by atoms with E-state index in [2.05, 4.69) is 45.2 Å². The SMILES string of the molecule is COc1cccc(COc2c(I)cc3c(c2I)CN(C(=O)/C=C\c2ccc([N+](=O)[O-])cc2)[C@H](C(=O)O)C3)c1. The fraction of sp³-hybridized carbons (Fsp3) is 0.185. The molecule has 3 aromatic carbocycles. The molecule has 0 bridgehead atoms. The van der Waals surface area contributed by atoms with E-state index in [9.17, 15) is 24.8 Å². The second kappa shape index (κ2) is 12.1. The first-order valence-corrected chi connectivity index (χ1v) is 13.5. The summed E-state index contributed by atoms with van der Waals surface area (Å²) in [4.78, 5) is 36.9. The summed E-state index contributed by atoms with van der Waals surface area (Å²) in [6.07, 6.45) is 2.98. The molecule has 1 amide bonds. The van der Waals surface area contributed by atoms with Gasteiger partial charge in [-0.1, -0.05) is 12.1 Å². The summed E-state index contributed by atoms with van der Waals surface area (Å²) in [5, 5.41) is 20.7. The highest BCUT2D eigenvalue weighted by molar-refractivity contribution is 14.1. The molecule has 0 saturated carbocycles. The Morgan fingerprint density at radius 2 is 1.92 bits per heavy atom. The molecule has 1 N–H and O–H groups in total. The Morgan fingerprint density at radius 3 is 2.58 bits per heavy atom.